The Hall–Kier alpha value is -2.36. The minimum absolute atomic E-state index is 0.126. The van der Waals surface area contributed by atoms with Crippen LogP contribution in [0.4, 0.5) is 5.69 Å². The summed E-state index contributed by atoms with van der Waals surface area (Å²) in [6.07, 6.45) is 0.970. The fourth-order valence-corrected chi connectivity index (χ4v) is 2.77. The lowest BCUT2D eigenvalue weighted by Crippen LogP contribution is -2.32. The highest BCUT2D eigenvalue weighted by molar-refractivity contribution is 5.59. The normalized spacial score (nSPS) is 18.6. The molecule has 0 aliphatic carbocycles. The number of hydrogen-bond acceptors (Lipinski definition) is 4. The monoisotopic (exact) mass is 283 g/mol. The van der Waals surface area contributed by atoms with Crippen molar-refractivity contribution >= 4 is 5.69 Å². The van der Waals surface area contributed by atoms with Gasteiger partial charge in [0.05, 0.1) is 12.2 Å². The lowest BCUT2D eigenvalue weighted by Gasteiger charge is -2.27. The smallest absolute Gasteiger partial charge is 0.231 e. The van der Waals surface area contributed by atoms with Gasteiger partial charge in [0.15, 0.2) is 11.5 Å². The van der Waals surface area contributed by atoms with E-state index in [1.165, 1.54) is 11.1 Å². The number of nitrogens with one attached hydrogen (secondary N) is 1. The van der Waals surface area contributed by atoms with Gasteiger partial charge in [-0.2, -0.15) is 0 Å². The summed E-state index contributed by atoms with van der Waals surface area (Å²) in [5, 5.41) is 3.45. The summed E-state index contributed by atoms with van der Waals surface area (Å²) >= 11 is 0. The second-order valence-electron chi connectivity index (χ2n) is 5.51. The van der Waals surface area contributed by atoms with Crippen molar-refractivity contribution in [2.24, 2.45) is 0 Å². The molecular weight excluding hydrogens is 266 g/mol. The molecule has 0 saturated carbocycles. The van der Waals surface area contributed by atoms with Crippen molar-refractivity contribution in [3.8, 4) is 17.2 Å². The van der Waals surface area contributed by atoms with Crippen LogP contribution >= 0.6 is 0 Å². The maximum atomic E-state index is 6.08. The molecular formula is C17H17NO3. The van der Waals surface area contributed by atoms with Gasteiger partial charge < -0.3 is 19.5 Å². The molecule has 0 radical (unpaired) electrons. The Balaban J connectivity index is 1.50. The highest BCUT2D eigenvalue weighted by atomic mass is 16.7. The Labute approximate surface area is 123 Å². The van der Waals surface area contributed by atoms with E-state index in [2.05, 4.69) is 30.4 Å². The van der Waals surface area contributed by atoms with Gasteiger partial charge in [-0.15, -0.1) is 0 Å². The van der Waals surface area contributed by atoms with Crippen LogP contribution in [0.3, 0.4) is 0 Å². The molecule has 2 aromatic carbocycles. The van der Waals surface area contributed by atoms with Crippen molar-refractivity contribution < 1.29 is 14.2 Å². The number of ether oxygens (including phenoxy) is 3. The minimum Gasteiger partial charge on any atom is -0.486 e. The summed E-state index contributed by atoms with van der Waals surface area (Å²) in [5.41, 5.74) is 3.51. The molecule has 4 nitrogen and oxygen atoms in total. The molecule has 2 aromatic rings. The van der Waals surface area contributed by atoms with E-state index in [0.29, 0.717) is 6.79 Å². The van der Waals surface area contributed by atoms with Gasteiger partial charge in [-0.1, -0.05) is 12.1 Å². The summed E-state index contributed by atoms with van der Waals surface area (Å²) in [6.45, 7) is 3.21. The molecule has 1 atom stereocenters. The molecule has 21 heavy (non-hydrogen) atoms. The maximum Gasteiger partial charge on any atom is 0.231 e. The Morgan fingerprint density at radius 1 is 1.05 bits per heavy atom. The van der Waals surface area contributed by atoms with E-state index in [1.807, 2.05) is 18.2 Å². The number of hydrogen-bond donors (Lipinski definition) is 1. The van der Waals surface area contributed by atoms with Gasteiger partial charge in [0.2, 0.25) is 6.79 Å². The zero-order chi connectivity index (χ0) is 14.2. The largest absolute Gasteiger partial charge is 0.486 e. The van der Waals surface area contributed by atoms with Gasteiger partial charge in [0.25, 0.3) is 0 Å². The minimum atomic E-state index is 0.126. The fourth-order valence-electron chi connectivity index (χ4n) is 2.77. The molecule has 4 rings (SSSR count). The van der Waals surface area contributed by atoms with Crippen molar-refractivity contribution in [2.45, 2.75) is 19.4 Å². The van der Waals surface area contributed by atoms with Gasteiger partial charge in [-0.05, 0) is 42.3 Å². The third kappa shape index (κ3) is 2.37. The van der Waals surface area contributed by atoms with Crippen molar-refractivity contribution in [3.63, 3.8) is 0 Å². The Morgan fingerprint density at radius 3 is 2.86 bits per heavy atom. The topological polar surface area (TPSA) is 39.7 Å². The van der Waals surface area contributed by atoms with Gasteiger partial charge in [0.1, 0.15) is 11.9 Å². The predicted octanol–water partition coefficient (Wildman–Crippen LogP) is 3.14. The van der Waals surface area contributed by atoms with E-state index in [0.717, 1.165) is 35.9 Å². The summed E-state index contributed by atoms with van der Waals surface area (Å²) in [4.78, 5) is 0. The van der Waals surface area contributed by atoms with Crippen molar-refractivity contribution in [1.29, 1.82) is 0 Å². The molecule has 0 spiro atoms. The standard InChI is InChI=1S/C17H17NO3/c1-11-2-4-15-14(6-11)18-9-13(21-15)7-12-3-5-16-17(8-12)20-10-19-16/h2-6,8,13,18H,7,9-10H2,1H3. The summed E-state index contributed by atoms with van der Waals surface area (Å²) in [5.74, 6) is 2.58. The van der Waals surface area contributed by atoms with Crippen molar-refractivity contribution in [2.75, 3.05) is 18.7 Å². The summed E-state index contributed by atoms with van der Waals surface area (Å²) < 4.78 is 16.8. The van der Waals surface area contributed by atoms with E-state index in [1.54, 1.807) is 0 Å². The van der Waals surface area contributed by atoms with Crippen LogP contribution < -0.4 is 19.5 Å². The molecule has 0 amide bonds. The third-order valence-corrected chi connectivity index (χ3v) is 3.85. The van der Waals surface area contributed by atoms with E-state index >= 15 is 0 Å². The molecule has 108 valence electrons. The highest BCUT2D eigenvalue weighted by Gasteiger charge is 2.21. The van der Waals surface area contributed by atoms with Crippen LogP contribution in [0.2, 0.25) is 0 Å². The highest BCUT2D eigenvalue weighted by Crippen LogP contribution is 2.34. The fraction of sp³-hybridized carbons (Fsp3) is 0.294. The molecule has 2 heterocycles. The number of benzene rings is 2. The number of aryl methyl sites for hydroxylation is 1. The molecule has 4 heteroatoms. The van der Waals surface area contributed by atoms with Gasteiger partial charge in [-0.3, -0.25) is 0 Å². The van der Waals surface area contributed by atoms with Crippen LogP contribution in [0.25, 0.3) is 0 Å². The third-order valence-electron chi connectivity index (χ3n) is 3.85. The average Bonchev–Trinajstić information content (AvgIpc) is 2.95. The quantitative estimate of drug-likeness (QED) is 0.919. The van der Waals surface area contributed by atoms with E-state index in [4.69, 9.17) is 14.2 Å². The maximum absolute atomic E-state index is 6.08. The van der Waals surface area contributed by atoms with E-state index < -0.39 is 0 Å². The van der Waals surface area contributed by atoms with Crippen molar-refractivity contribution in [3.05, 3.63) is 47.5 Å². The zero-order valence-corrected chi connectivity index (χ0v) is 11.9. The first kappa shape index (κ1) is 12.4. The van der Waals surface area contributed by atoms with Gasteiger partial charge in [0, 0.05) is 6.42 Å². The molecule has 0 aromatic heterocycles. The van der Waals surface area contributed by atoms with Crippen LogP contribution in [0.5, 0.6) is 17.2 Å². The molecule has 1 N–H and O–H groups in total. The van der Waals surface area contributed by atoms with Gasteiger partial charge in [-0.25, -0.2) is 0 Å². The average molecular weight is 283 g/mol. The van der Waals surface area contributed by atoms with E-state index in [9.17, 15) is 0 Å². The molecule has 0 bridgehead atoms. The number of rotatable bonds is 2. The first-order valence-electron chi connectivity index (χ1n) is 7.18. The van der Waals surface area contributed by atoms with Crippen molar-refractivity contribution in [1.82, 2.24) is 0 Å². The zero-order valence-electron chi connectivity index (χ0n) is 11.9. The van der Waals surface area contributed by atoms with Gasteiger partial charge >= 0.3 is 0 Å². The summed E-state index contributed by atoms with van der Waals surface area (Å²) in [6, 6.07) is 12.3. The SMILES string of the molecule is Cc1ccc2c(c1)NCC(Cc1ccc3c(c1)OCO3)O2. The molecule has 2 aliphatic rings. The lowest BCUT2D eigenvalue weighted by molar-refractivity contribution is 0.174. The lowest BCUT2D eigenvalue weighted by atomic mass is 10.1. The van der Waals surface area contributed by atoms with Crippen LogP contribution in [-0.4, -0.2) is 19.4 Å². The Bertz CT molecular complexity index is 684. The molecule has 0 fully saturated rings. The predicted molar refractivity (Wildman–Crippen MR) is 80.4 cm³/mol. The van der Waals surface area contributed by atoms with Crippen LogP contribution in [0.1, 0.15) is 11.1 Å². The molecule has 2 aliphatic heterocycles. The number of fused-ring (bicyclic) bond motifs is 2. The second-order valence-corrected chi connectivity index (χ2v) is 5.51. The molecule has 1 unspecified atom stereocenters. The van der Waals surface area contributed by atoms with E-state index in [-0.39, 0.29) is 6.10 Å². The summed E-state index contributed by atoms with van der Waals surface area (Å²) in [7, 11) is 0. The van der Waals surface area contributed by atoms with Crippen LogP contribution in [0.15, 0.2) is 36.4 Å². The second kappa shape index (κ2) is 4.88. The first-order chi connectivity index (χ1) is 10.3. The first-order valence-corrected chi connectivity index (χ1v) is 7.18. The van der Waals surface area contributed by atoms with Crippen LogP contribution in [0, 0.1) is 6.92 Å². The van der Waals surface area contributed by atoms with Crippen LogP contribution in [-0.2, 0) is 6.42 Å². The molecule has 0 saturated heterocycles. The Kier molecular flexibility index (Phi) is 2.88. The Morgan fingerprint density at radius 2 is 1.90 bits per heavy atom. The number of anilines is 1.